The van der Waals surface area contributed by atoms with Gasteiger partial charge in [-0.3, -0.25) is 9.69 Å². The Morgan fingerprint density at radius 3 is 2.47 bits per heavy atom. The van der Waals surface area contributed by atoms with Crippen molar-refractivity contribution in [1.82, 2.24) is 9.62 Å². The van der Waals surface area contributed by atoms with Crippen LogP contribution in [0.5, 0.6) is 0 Å². The number of ether oxygens (including phenoxy) is 1. The molecule has 1 saturated heterocycles. The number of piperidine rings is 1. The lowest BCUT2D eigenvalue weighted by Gasteiger charge is -2.36. The molecule has 1 aliphatic heterocycles. The Bertz CT molecular complexity index is 1230. The molecule has 4 rings (SSSR count). The van der Waals surface area contributed by atoms with Gasteiger partial charge in [-0.1, -0.05) is 11.6 Å². The number of alkyl halides is 1. The van der Waals surface area contributed by atoms with Crippen LogP contribution in [0.1, 0.15) is 58.6 Å². The lowest BCUT2D eigenvalue weighted by atomic mass is 9.94. The summed E-state index contributed by atoms with van der Waals surface area (Å²) in [5.41, 5.74) is 0.0799. The molecular weight excluding hydrogens is 517 g/mol. The molecule has 0 bridgehead atoms. The second-order valence-corrected chi connectivity index (χ2v) is 11.9. The fourth-order valence-electron chi connectivity index (χ4n) is 4.49. The lowest BCUT2D eigenvalue weighted by molar-refractivity contribution is -0.0321. The molecule has 1 aliphatic carbocycles. The first kappa shape index (κ1) is 26.9. The molecule has 0 unspecified atom stereocenters. The first-order valence-electron chi connectivity index (χ1n) is 11.7. The highest BCUT2D eigenvalue weighted by Gasteiger charge is 2.35. The van der Waals surface area contributed by atoms with E-state index in [-0.39, 0.29) is 37.5 Å². The van der Waals surface area contributed by atoms with E-state index in [1.54, 1.807) is 10.8 Å². The molecule has 1 N–H and O–H groups in total. The summed E-state index contributed by atoms with van der Waals surface area (Å²) in [5.74, 6) is -2.17. The van der Waals surface area contributed by atoms with Crippen LogP contribution in [0.15, 0.2) is 30.3 Å². The van der Waals surface area contributed by atoms with Crippen molar-refractivity contribution < 1.29 is 31.1 Å². The standard InChI is InChI=1S/C25H28ClF3N2O4S/c1-36(33,34)30-24(32)22-12-21(17-2-3-17)18(10-23(22)28)14-35-15-25(29)4-6-31(7-5-25)13-16-8-19(26)11-20(27)9-16/h8-12,17H,2-7,13-15H2,1H3,(H,30,32). The van der Waals surface area contributed by atoms with Gasteiger partial charge < -0.3 is 4.74 Å². The van der Waals surface area contributed by atoms with Crippen molar-refractivity contribution in [1.29, 1.82) is 0 Å². The van der Waals surface area contributed by atoms with E-state index in [0.29, 0.717) is 35.8 Å². The molecule has 2 aromatic carbocycles. The number of carbonyl (C=O) groups excluding carboxylic acids is 1. The number of amides is 1. The minimum absolute atomic E-state index is 0.0199. The fraction of sp³-hybridized carbons (Fsp3) is 0.480. The molecule has 2 fully saturated rings. The second kappa shape index (κ2) is 10.7. The molecular formula is C25H28ClF3N2O4S. The van der Waals surface area contributed by atoms with Crippen molar-refractivity contribution in [2.45, 2.75) is 50.4 Å². The zero-order chi connectivity index (χ0) is 26.1. The van der Waals surface area contributed by atoms with E-state index in [4.69, 9.17) is 16.3 Å². The van der Waals surface area contributed by atoms with Gasteiger partial charge in [0.1, 0.15) is 17.3 Å². The normalized spacial score (nSPS) is 18.2. The molecule has 0 aromatic heterocycles. The van der Waals surface area contributed by atoms with Gasteiger partial charge in [0.15, 0.2) is 0 Å². The maximum atomic E-state index is 15.4. The summed E-state index contributed by atoms with van der Waals surface area (Å²) in [6.07, 6.45) is 3.03. The van der Waals surface area contributed by atoms with Crippen molar-refractivity contribution in [2.75, 3.05) is 26.0 Å². The molecule has 6 nitrogen and oxygen atoms in total. The molecule has 1 amide bonds. The Kier molecular flexibility index (Phi) is 7.99. The number of benzene rings is 2. The van der Waals surface area contributed by atoms with E-state index in [1.165, 1.54) is 24.3 Å². The summed E-state index contributed by atoms with van der Waals surface area (Å²) in [6.45, 7) is 1.24. The third-order valence-corrected chi connectivity index (χ3v) is 7.24. The number of carbonyl (C=O) groups is 1. The summed E-state index contributed by atoms with van der Waals surface area (Å²) >= 11 is 5.91. The summed E-state index contributed by atoms with van der Waals surface area (Å²) in [5, 5.41) is 0.321. The zero-order valence-electron chi connectivity index (χ0n) is 19.8. The molecule has 1 heterocycles. The van der Waals surface area contributed by atoms with Crippen LogP contribution in [0.4, 0.5) is 13.2 Å². The molecule has 2 aromatic rings. The SMILES string of the molecule is CS(=O)(=O)NC(=O)c1cc(C2CC2)c(COCC2(F)CCN(Cc3cc(F)cc(Cl)c3)CC2)cc1F. The number of sulfonamides is 1. The van der Waals surface area contributed by atoms with Crippen LogP contribution in [0.3, 0.4) is 0 Å². The summed E-state index contributed by atoms with van der Waals surface area (Å²) in [7, 11) is -3.83. The predicted octanol–water partition coefficient (Wildman–Crippen LogP) is 4.71. The first-order chi connectivity index (χ1) is 16.9. The largest absolute Gasteiger partial charge is 0.373 e. The maximum absolute atomic E-state index is 15.4. The minimum atomic E-state index is -3.83. The van der Waals surface area contributed by atoms with Crippen molar-refractivity contribution in [3.63, 3.8) is 0 Å². The Morgan fingerprint density at radius 2 is 1.86 bits per heavy atom. The van der Waals surface area contributed by atoms with Crippen LogP contribution in [0.2, 0.25) is 5.02 Å². The highest BCUT2D eigenvalue weighted by molar-refractivity contribution is 7.89. The third-order valence-electron chi connectivity index (χ3n) is 6.47. The summed E-state index contributed by atoms with van der Waals surface area (Å²) in [6, 6.07) is 6.89. The van der Waals surface area contributed by atoms with Crippen LogP contribution in [0.25, 0.3) is 0 Å². The topological polar surface area (TPSA) is 75.7 Å². The number of nitrogens with zero attached hydrogens (tertiary/aromatic N) is 1. The van der Waals surface area contributed by atoms with E-state index in [1.807, 2.05) is 4.90 Å². The van der Waals surface area contributed by atoms with Gasteiger partial charge >= 0.3 is 0 Å². The van der Waals surface area contributed by atoms with Crippen molar-refractivity contribution in [3.05, 3.63) is 69.2 Å². The number of hydrogen-bond acceptors (Lipinski definition) is 5. The van der Waals surface area contributed by atoms with E-state index in [9.17, 15) is 22.0 Å². The van der Waals surface area contributed by atoms with Crippen molar-refractivity contribution >= 4 is 27.5 Å². The molecule has 2 aliphatic rings. The van der Waals surface area contributed by atoms with E-state index in [2.05, 4.69) is 0 Å². The zero-order valence-corrected chi connectivity index (χ0v) is 21.4. The highest BCUT2D eigenvalue weighted by atomic mass is 35.5. The summed E-state index contributed by atoms with van der Waals surface area (Å²) < 4.78 is 73.8. The second-order valence-electron chi connectivity index (χ2n) is 9.71. The predicted molar refractivity (Wildman–Crippen MR) is 130 cm³/mol. The Morgan fingerprint density at radius 1 is 1.17 bits per heavy atom. The fourth-order valence-corrected chi connectivity index (χ4v) is 5.18. The summed E-state index contributed by atoms with van der Waals surface area (Å²) in [4.78, 5) is 14.2. The van der Waals surface area contributed by atoms with Crippen molar-refractivity contribution in [2.24, 2.45) is 0 Å². The average molecular weight is 545 g/mol. The van der Waals surface area contributed by atoms with Crippen LogP contribution in [-0.4, -0.2) is 50.8 Å². The number of rotatable bonds is 9. The highest BCUT2D eigenvalue weighted by Crippen LogP contribution is 2.42. The van der Waals surface area contributed by atoms with Crippen LogP contribution in [-0.2, 0) is 27.9 Å². The molecule has 11 heteroatoms. The number of halogens is 4. The molecule has 0 spiro atoms. The number of likely N-dealkylation sites (tertiary alicyclic amines) is 1. The van der Waals surface area contributed by atoms with Gasteiger partial charge in [0.05, 0.1) is 25.0 Å². The average Bonchev–Trinajstić information content (AvgIpc) is 3.59. The van der Waals surface area contributed by atoms with Gasteiger partial charge in [0.25, 0.3) is 5.91 Å². The van der Waals surface area contributed by atoms with Gasteiger partial charge in [-0.15, -0.1) is 0 Å². The molecule has 1 saturated carbocycles. The van der Waals surface area contributed by atoms with Crippen molar-refractivity contribution in [3.8, 4) is 0 Å². The van der Waals surface area contributed by atoms with Crippen LogP contribution in [0, 0.1) is 11.6 Å². The monoisotopic (exact) mass is 544 g/mol. The molecule has 0 atom stereocenters. The number of nitrogens with one attached hydrogen (secondary N) is 1. The van der Waals surface area contributed by atoms with Gasteiger partial charge in [-0.2, -0.15) is 0 Å². The maximum Gasteiger partial charge on any atom is 0.267 e. The molecule has 196 valence electrons. The number of hydrogen-bond donors (Lipinski definition) is 1. The van der Waals surface area contributed by atoms with Gasteiger partial charge in [0, 0.05) is 24.7 Å². The molecule has 36 heavy (non-hydrogen) atoms. The van der Waals surface area contributed by atoms with Gasteiger partial charge in [0.2, 0.25) is 10.0 Å². The molecule has 0 radical (unpaired) electrons. The Balaban J connectivity index is 1.34. The van der Waals surface area contributed by atoms with Crippen LogP contribution < -0.4 is 4.72 Å². The van der Waals surface area contributed by atoms with Gasteiger partial charge in [-0.25, -0.2) is 26.3 Å². The lowest BCUT2D eigenvalue weighted by Crippen LogP contribution is -2.44. The van der Waals surface area contributed by atoms with E-state index >= 15 is 4.39 Å². The third kappa shape index (κ3) is 7.21. The van der Waals surface area contributed by atoms with Gasteiger partial charge in [-0.05, 0) is 78.6 Å². The quantitative estimate of drug-likeness (QED) is 0.495. The van der Waals surface area contributed by atoms with E-state index in [0.717, 1.165) is 24.7 Å². The Hall–Kier alpha value is -2.14. The van der Waals surface area contributed by atoms with Crippen LogP contribution >= 0.6 is 11.6 Å². The first-order valence-corrected chi connectivity index (χ1v) is 14.0. The smallest absolute Gasteiger partial charge is 0.267 e. The minimum Gasteiger partial charge on any atom is -0.373 e. The van der Waals surface area contributed by atoms with E-state index < -0.39 is 33.2 Å². The Labute approximate surface area is 213 Å².